The highest BCUT2D eigenvalue weighted by Crippen LogP contribution is 2.10. The monoisotopic (exact) mass is 163 g/mol. The maximum atomic E-state index is 5.50. The molecule has 1 radical (unpaired) electrons. The van der Waals surface area contributed by atoms with E-state index in [0.717, 1.165) is 18.8 Å². The fourth-order valence-electron chi connectivity index (χ4n) is 0.817. The number of para-hydroxylation sites is 1. The SMILES string of the molecule is CCC(C)COc1[c]cccc1. The first-order chi connectivity index (χ1) is 5.83. The Bertz CT molecular complexity index is 206. The Morgan fingerprint density at radius 2 is 2.33 bits per heavy atom. The molecule has 1 aromatic rings. The molecule has 1 aromatic carbocycles. The molecule has 0 aliphatic carbocycles. The lowest BCUT2D eigenvalue weighted by Gasteiger charge is -2.09. The molecule has 1 rings (SSSR count). The van der Waals surface area contributed by atoms with Gasteiger partial charge < -0.3 is 4.74 Å². The second-order valence-electron chi connectivity index (χ2n) is 3.05. The summed E-state index contributed by atoms with van der Waals surface area (Å²) < 4.78 is 5.50. The largest absolute Gasteiger partial charge is 0.493 e. The third-order valence-corrected chi connectivity index (χ3v) is 1.90. The summed E-state index contributed by atoms with van der Waals surface area (Å²) in [6, 6.07) is 10.7. The summed E-state index contributed by atoms with van der Waals surface area (Å²) in [5.74, 6) is 1.47. The van der Waals surface area contributed by atoms with Crippen molar-refractivity contribution in [2.24, 2.45) is 5.92 Å². The molecule has 1 heteroatoms. The van der Waals surface area contributed by atoms with Gasteiger partial charge in [-0.15, -0.1) is 0 Å². The number of hydrogen-bond acceptors (Lipinski definition) is 1. The van der Waals surface area contributed by atoms with E-state index in [4.69, 9.17) is 4.74 Å². The van der Waals surface area contributed by atoms with E-state index in [0.29, 0.717) is 5.92 Å². The van der Waals surface area contributed by atoms with Gasteiger partial charge in [-0.3, -0.25) is 0 Å². The van der Waals surface area contributed by atoms with E-state index >= 15 is 0 Å². The van der Waals surface area contributed by atoms with Gasteiger partial charge in [-0.1, -0.05) is 38.5 Å². The molecule has 1 atom stereocenters. The number of ether oxygens (including phenoxy) is 1. The Kier molecular flexibility index (Phi) is 3.65. The smallest absolute Gasteiger partial charge is 0.127 e. The van der Waals surface area contributed by atoms with Gasteiger partial charge in [0.15, 0.2) is 0 Å². The lowest BCUT2D eigenvalue weighted by atomic mass is 10.1. The van der Waals surface area contributed by atoms with Gasteiger partial charge in [0.25, 0.3) is 0 Å². The van der Waals surface area contributed by atoms with Crippen LogP contribution in [0.2, 0.25) is 0 Å². The fraction of sp³-hybridized carbons (Fsp3) is 0.455. The molecule has 0 aromatic heterocycles. The highest BCUT2D eigenvalue weighted by Gasteiger charge is 1.98. The highest BCUT2D eigenvalue weighted by atomic mass is 16.5. The minimum absolute atomic E-state index is 0.624. The highest BCUT2D eigenvalue weighted by molar-refractivity contribution is 5.19. The van der Waals surface area contributed by atoms with Crippen molar-refractivity contribution in [1.82, 2.24) is 0 Å². The Labute approximate surface area is 74.4 Å². The molecule has 1 unspecified atom stereocenters. The maximum absolute atomic E-state index is 5.50. The number of hydrogen-bond donors (Lipinski definition) is 0. The summed E-state index contributed by atoms with van der Waals surface area (Å²) in [7, 11) is 0. The summed E-state index contributed by atoms with van der Waals surface area (Å²) in [6.07, 6.45) is 1.16. The molecule has 0 amide bonds. The minimum atomic E-state index is 0.624. The van der Waals surface area contributed by atoms with Crippen LogP contribution in [0, 0.1) is 12.0 Å². The van der Waals surface area contributed by atoms with E-state index in [1.54, 1.807) is 0 Å². The molecule has 0 bridgehead atoms. The van der Waals surface area contributed by atoms with Crippen LogP contribution in [0.25, 0.3) is 0 Å². The van der Waals surface area contributed by atoms with Crippen molar-refractivity contribution in [1.29, 1.82) is 0 Å². The zero-order valence-electron chi connectivity index (χ0n) is 7.71. The van der Waals surface area contributed by atoms with Crippen LogP contribution in [0.1, 0.15) is 20.3 Å². The van der Waals surface area contributed by atoms with Crippen LogP contribution in [0.15, 0.2) is 24.3 Å². The Morgan fingerprint density at radius 1 is 1.50 bits per heavy atom. The zero-order chi connectivity index (χ0) is 8.81. The van der Waals surface area contributed by atoms with Crippen LogP contribution in [-0.4, -0.2) is 6.61 Å². The van der Waals surface area contributed by atoms with E-state index in [1.807, 2.05) is 24.3 Å². The normalized spacial score (nSPS) is 12.5. The quantitative estimate of drug-likeness (QED) is 0.663. The van der Waals surface area contributed by atoms with Crippen molar-refractivity contribution in [2.45, 2.75) is 20.3 Å². The molecular formula is C11H15O. The second kappa shape index (κ2) is 4.81. The number of rotatable bonds is 4. The first kappa shape index (κ1) is 9.11. The summed E-state index contributed by atoms with van der Waals surface area (Å²) in [5.41, 5.74) is 0. The van der Waals surface area contributed by atoms with Crippen LogP contribution >= 0.6 is 0 Å². The van der Waals surface area contributed by atoms with Crippen LogP contribution in [0.4, 0.5) is 0 Å². The molecule has 12 heavy (non-hydrogen) atoms. The van der Waals surface area contributed by atoms with Crippen molar-refractivity contribution in [2.75, 3.05) is 6.61 Å². The first-order valence-electron chi connectivity index (χ1n) is 4.42. The summed E-state index contributed by atoms with van der Waals surface area (Å²) in [6.45, 7) is 5.14. The lowest BCUT2D eigenvalue weighted by Crippen LogP contribution is -2.06. The minimum Gasteiger partial charge on any atom is -0.493 e. The van der Waals surface area contributed by atoms with Crippen LogP contribution in [0.3, 0.4) is 0 Å². The predicted octanol–water partition coefficient (Wildman–Crippen LogP) is 2.91. The lowest BCUT2D eigenvalue weighted by molar-refractivity contribution is 0.256. The van der Waals surface area contributed by atoms with Gasteiger partial charge in [0, 0.05) is 6.07 Å². The second-order valence-corrected chi connectivity index (χ2v) is 3.05. The Morgan fingerprint density at radius 3 is 2.92 bits per heavy atom. The van der Waals surface area contributed by atoms with E-state index in [1.165, 1.54) is 0 Å². The zero-order valence-corrected chi connectivity index (χ0v) is 7.71. The molecule has 0 heterocycles. The van der Waals surface area contributed by atoms with E-state index in [9.17, 15) is 0 Å². The van der Waals surface area contributed by atoms with Crippen molar-refractivity contribution < 1.29 is 4.74 Å². The average Bonchev–Trinajstić information content (AvgIpc) is 2.16. The van der Waals surface area contributed by atoms with Crippen molar-refractivity contribution >= 4 is 0 Å². The maximum Gasteiger partial charge on any atom is 0.127 e. The van der Waals surface area contributed by atoms with Crippen LogP contribution in [0.5, 0.6) is 5.75 Å². The van der Waals surface area contributed by atoms with E-state index in [2.05, 4.69) is 19.9 Å². The molecule has 0 aliphatic heterocycles. The molecule has 0 spiro atoms. The van der Waals surface area contributed by atoms with Gasteiger partial charge in [-0.05, 0) is 12.0 Å². The summed E-state index contributed by atoms with van der Waals surface area (Å²) in [5, 5.41) is 0. The van der Waals surface area contributed by atoms with Crippen LogP contribution in [-0.2, 0) is 0 Å². The molecule has 65 valence electrons. The topological polar surface area (TPSA) is 9.23 Å². The third-order valence-electron chi connectivity index (χ3n) is 1.90. The Hall–Kier alpha value is -0.980. The molecule has 0 N–H and O–H groups in total. The molecule has 0 saturated heterocycles. The van der Waals surface area contributed by atoms with E-state index in [-0.39, 0.29) is 0 Å². The van der Waals surface area contributed by atoms with Gasteiger partial charge >= 0.3 is 0 Å². The predicted molar refractivity (Wildman–Crippen MR) is 50.2 cm³/mol. The van der Waals surface area contributed by atoms with Crippen molar-refractivity contribution in [3.63, 3.8) is 0 Å². The standard InChI is InChI=1S/C11H15O/c1-3-10(2)9-12-11-7-5-4-6-8-11/h4-7,10H,3,9H2,1-2H3. The van der Waals surface area contributed by atoms with Gasteiger partial charge in [0.1, 0.15) is 5.75 Å². The Balaban J connectivity index is 2.33. The van der Waals surface area contributed by atoms with Gasteiger partial charge in [-0.25, -0.2) is 0 Å². The van der Waals surface area contributed by atoms with Crippen molar-refractivity contribution in [3.05, 3.63) is 30.3 Å². The van der Waals surface area contributed by atoms with Gasteiger partial charge in [-0.2, -0.15) is 0 Å². The molecule has 0 aliphatic rings. The average molecular weight is 163 g/mol. The van der Waals surface area contributed by atoms with E-state index < -0.39 is 0 Å². The third kappa shape index (κ3) is 2.95. The number of benzene rings is 1. The summed E-state index contributed by atoms with van der Waals surface area (Å²) in [4.78, 5) is 0. The summed E-state index contributed by atoms with van der Waals surface area (Å²) >= 11 is 0. The van der Waals surface area contributed by atoms with Gasteiger partial charge in [0.05, 0.1) is 6.61 Å². The van der Waals surface area contributed by atoms with Crippen molar-refractivity contribution in [3.8, 4) is 5.75 Å². The van der Waals surface area contributed by atoms with Crippen LogP contribution < -0.4 is 4.74 Å². The first-order valence-corrected chi connectivity index (χ1v) is 4.42. The molecule has 1 nitrogen and oxygen atoms in total. The molecule has 0 fully saturated rings. The van der Waals surface area contributed by atoms with Gasteiger partial charge in [0.2, 0.25) is 0 Å². The molecule has 0 saturated carbocycles. The fourth-order valence-corrected chi connectivity index (χ4v) is 0.817. The molecular weight excluding hydrogens is 148 g/mol.